The van der Waals surface area contributed by atoms with Gasteiger partial charge in [-0.15, -0.1) is 0 Å². The number of piperidine rings is 1. The van der Waals surface area contributed by atoms with E-state index < -0.39 is 5.97 Å². The quantitative estimate of drug-likeness (QED) is 0.864. The molecule has 0 aromatic carbocycles. The number of pyridine rings is 1. The molecule has 2 heterocycles. The molecule has 1 aromatic heterocycles. The van der Waals surface area contributed by atoms with E-state index >= 15 is 0 Å². The van der Waals surface area contributed by atoms with Gasteiger partial charge in [-0.05, 0) is 25.0 Å². The average molecular weight is 291 g/mol. The normalized spacial score (nSPS) is 18.1. The Balaban J connectivity index is 2.02. The molecule has 1 saturated heterocycles. The zero-order chi connectivity index (χ0) is 15.4. The summed E-state index contributed by atoms with van der Waals surface area (Å²) in [5.74, 6) is -1.52. The number of carbonyl (C=O) groups is 3. The van der Waals surface area contributed by atoms with E-state index in [1.54, 1.807) is 4.90 Å². The molecule has 2 N–H and O–H groups in total. The highest BCUT2D eigenvalue weighted by molar-refractivity contribution is 5.93. The molecule has 0 aliphatic carbocycles. The van der Waals surface area contributed by atoms with Crippen LogP contribution in [0.5, 0.6) is 0 Å². The monoisotopic (exact) mass is 291 g/mol. The van der Waals surface area contributed by atoms with Crippen molar-refractivity contribution in [3.63, 3.8) is 0 Å². The van der Waals surface area contributed by atoms with Crippen LogP contribution in [0.25, 0.3) is 0 Å². The third-order valence-corrected chi connectivity index (χ3v) is 3.46. The summed E-state index contributed by atoms with van der Waals surface area (Å²) in [5, 5.41) is 11.5. The molecule has 1 atom stereocenters. The number of rotatable bonds is 3. The molecule has 0 saturated carbocycles. The van der Waals surface area contributed by atoms with Gasteiger partial charge in [-0.2, -0.15) is 0 Å². The van der Waals surface area contributed by atoms with E-state index in [2.05, 4.69) is 10.3 Å². The maximum Gasteiger partial charge on any atom is 0.354 e. The molecule has 21 heavy (non-hydrogen) atoms. The number of nitrogens with zero attached hydrogens (tertiary/aromatic N) is 2. The van der Waals surface area contributed by atoms with Crippen LogP contribution in [0.15, 0.2) is 18.2 Å². The maximum atomic E-state index is 12.2. The first-order valence-electron chi connectivity index (χ1n) is 6.74. The second-order valence-corrected chi connectivity index (χ2v) is 5.01. The third-order valence-electron chi connectivity index (χ3n) is 3.46. The van der Waals surface area contributed by atoms with E-state index in [1.165, 1.54) is 25.1 Å². The fourth-order valence-corrected chi connectivity index (χ4v) is 2.33. The highest BCUT2D eigenvalue weighted by Crippen LogP contribution is 2.18. The van der Waals surface area contributed by atoms with Crippen LogP contribution in [-0.2, 0) is 9.59 Å². The summed E-state index contributed by atoms with van der Waals surface area (Å²) in [4.78, 5) is 39.9. The van der Waals surface area contributed by atoms with E-state index in [0.29, 0.717) is 19.5 Å². The Morgan fingerprint density at radius 3 is 2.81 bits per heavy atom. The van der Waals surface area contributed by atoms with Crippen LogP contribution in [0.3, 0.4) is 0 Å². The zero-order valence-corrected chi connectivity index (χ0v) is 11.7. The lowest BCUT2D eigenvalue weighted by atomic mass is 9.97. The molecular weight excluding hydrogens is 274 g/mol. The van der Waals surface area contributed by atoms with Crippen molar-refractivity contribution in [2.75, 3.05) is 18.4 Å². The first-order chi connectivity index (χ1) is 9.97. The minimum absolute atomic E-state index is 0.0431. The predicted molar refractivity (Wildman–Crippen MR) is 74.8 cm³/mol. The Bertz CT molecular complexity index is 573. The molecule has 1 fully saturated rings. The molecular formula is C14H17N3O4. The van der Waals surface area contributed by atoms with Gasteiger partial charge in [-0.25, -0.2) is 9.78 Å². The Hall–Kier alpha value is -2.44. The van der Waals surface area contributed by atoms with Crippen LogP contribution in [0.2, 0.25) is 0 Å². The number of amides is 2. The fourth-order valence-electron chi connectivity index (χ4n) is 2.33. The van der Waals surface area contributed by atoms with E-state index in [0.717, 1.165) is 6.42 Å². The van der Waals surface area contributed by atoms with Gasteiger partial charge in [-0.3, -0.25) is 9.59 Å². The standard InChI is InChI=1S/C14H17N3O4/c1-9(18)17-7-3-4-10(8-17)13(19)16-12-6-2-5-11(15-12)14(20)21/h2,5-6,10H,3-4,7-8H2,1H3,(H,20,21)(H,15,16,19). The van der Waals surface area contributed by atoms with Crippen LogP contribution < -0.4 is 5.32 Å². The second-order valence-electron chi connectivity index (χ2n) is 5.01. The van der Waals surface area contributed by atoms with Gasteiger partial charge in [0.25, 0.3) is 0 Å². The maximum absolute atomic E-state index is 12.2. The molecule has 112 valence electrons. The molecule has 0 bridgehead atoms. The van der Waals surface area contributed by atoms with Gasteiger partial charge >= 0.3 is 5.97 Å². The Kier molecular flexibility index (Phi) is 4.52. The molecule has 7 nitrogen and oxygen atoms in total. The van der Waals surface area contributed by atoms with Gasteiger partial charge in [0.05, 0.1) is 5.92 Å². The highest BCUT2D eigenvalue weighted by atomic mass is 16.4. The number of anilines is 1. The molecule has 1 aliphatic heterocycles. The van der Waals surface area contributed by atoms with Crippen LogP contribution in [0.1, 0.15) is 30.3 Å². The summed E-state index contributed by atoms with van der Waals surface area (Å²) in [7, 11) is 0. The Labute approximate surface area is 122 Å². The lowest BCUT2D eigenvalue weighted by Crippen LogP contribution is -2.42. The first-order valence-corrected chi connectivity index (χ1v) is 6.74. The van der Waals surface area contributed by atoms with Gasteiger partial charge in [0, 0.05) is 20.0 Å². The van der Waals surface area contributed by atoms with Crippen molar-refractivity contribution < 1.29 is 19.5 Å². The Morgan fingerprint density at radius 1 is 1.38 bits per heavy atom. The van der Waals surface area contributed by atoms with E-state index in [9.17, 15) is 14.4 Å². The van der Waals surface area contributed by atoms with Gasteiger partial charge in [0.1, 0.15) is 5.82 Å². The van der Waals surface area contributed by atoms with E-state index in [-0.39, 0.29) is 29.2 Å². The summed E-state index contributed by atoms with van der Waals surface area (Å²) in [5.41, 5.74) is -0.123. The number of hydrogen-bond acceptors (Lipinski definition) is 4. The largest absolute Gasteiger partial charge is 0.477 e. The zero-order valence-electron chi connectivity index (χ0n) is 11.7. The van der Waals surface area contributed by atoms with Crippen molar-refractivity contribution in [2.45, 2.75) is 19.8 Å². The lowest BCUT2D eigenvalue weighted by Gasteiger charge is -2.31. The molecule has 1 aromatic rings. The van der Waals surface area contributed by atoms with Gasteiger partial charge in [0.2, 0.25) is 11.8 Å². The molecule has 2 rings (SSSR count). The fraction of sp³-hybridized carbons (Fsp3) is 0.429. The summed E-state index contributed by atoms with van der Waals surface area (Å²) in [6.07, 6.45) is 1.48. The topological polar surface area (TPSA) is 99.6 Å². The van der Waals surface area contributed by atoms with Crippen molar-refractivity contribution in [3.05, 3.63) is 23.9 Å². The second kappa shape index (κ2) is 6.34. The van der Waals surface area contributed by atoms with Crippen molar-refractivity contribution in [3.8, 4) is 0 Å². The van der Waals surface area contributed by atoms with E-state index in [4.69, 9.17) is 5.11 Å². The van der Waals surface area contributed by atoms with Gasteiger partial charge < -0.3 is 15.3 Å². The highest BCUT2D eigenvalue weighted by Gasteiger charge is 2.27. The average Bonchev–Trinajstić information content (AvgIpc) is 2.47. The van der Waals surface area contributed by atoms with Crippen molar-refractivity contribution >= 4 is 23.6 Å². The molecule has 0 radical (unpaired) electrons. The van der Waals surface area contributed by atoms with Crippen LogP contribution in [-0.4, -0.2) is 45.9 Å². The van der Waals surface area contributed by atoms with Crippen LogP contribution in [0, 0.1) is 5.92 Å². The summed E-state index contributed by atoms with van der Waals surface area (Å²) < 4.78 is 0. The predicted octanol–water partition coefficient (Wildman–Crippen LogP) is 0.977. The first kappa shape index (κ1) is 15.0. The smallest absolute Gasteiger partial charge is 0.354 e. The molecule has 1 aliphatic rings. The number of likely N-dealkylation sites (tertiary alicyclic amines) is 1. The summed E-state index contributed by atoms with van der Waals surface area (Å²) in [6, 6.07) is 4.42. The number of carbonyl (C=O) groups excluding carboxylic acids is 2. The number of carboxylic acids is 1. The molecule has 2 amide bonds. The van der Waals surface area contributed by atoms with Crippen molar-refractivity contribution in [2.24, 2.45) is 5.92 Å². The number of nitrogens with one attached hydrogen (secondary N) is 1. The van der Waals surface area contributed by atoms with Crippen LogP contribution in [0.4, 0.5) is 5.82 Å². The number of aromatic carboxylic acids is 1. The van der Waals surface area contributed by atoms with E-state index in [1.807, 2.05) is 0 Å². The number of carboxylic acid groups (broad SMARTS) is 1. The summed E-state index contributed by atoms with van der Waals surface area (Å²) in [6.45, 7) is 2.55. The van der Waals surface area contributed by atoms with Gasteiger partial charge in [-0.1, -0.05) is 6.07 Å². The van der Waals surface area contributed by atoms with Crippen molar-refractivity contribution in [1.29, 1.82) is 0 Å². The molecule has 7 heteroatoms. The molecule has 1 unspecified atom stereocenters. The number of aromatic nitrogens is 1. The SMILES string of the molecule is CC(=O)N1CCCC(C(=O)Nc2cccc(C(=O)O)n2)C1. The van der Waals surface area contributed by atoms with Crippen molar-refractivity contribution in [1.82, 2.24) is 9.88 Å². The van der Waals surface area contributed by atoms with Gasteiger partial charge in [0.15, 0.2) is 5.69 Å². The Morgan fingerprint density at radius 2 is 2.14 bits per heavy atom. The van der Waals surface area contributed by atoms with Crippen LogP contribution >= 0.6 is 0 Å². The summed E-state index contributed by atoms with van der Waals surface area (Å²) >= 11 is 0. The number of hydrogen-bond donors (Lipinski definition) is 2. The minimum Gasteiger partial charge on any atom is -0.477 e. The minimum atomic E-state index is -1.15. The third kappa shape index (κ3) is 3.77. The molecule has 0 spiro atoms. The lowest BCUT2D eigenvalue weighted by molar-refractivity contribution is -0.132.